The van der Waals surface area contributed by atoms with Crippen LogP contribution in [0.2, 0.25) is 0 Å². The first kappa shape index (κ1) is 4.68. The van der Waals surface area contributed by atoms with Crippen LogP contribution in [0.1, 0.15) is 5.69 Å². The van der Waals surface area contributed by atoms with Crippen molar-refractivity contribution in [2.24, 2.45) is 4.99 Å². The first-order valence-electron chi connectivity index (χ1n) is 2.95. The molecular formula is C7H7N2+. The molecule has 1 aliphatic rings. The van der Waals surface area contributed by atoms with Gasteiger partial charge in [-0.2, -0.15) is 4.57 Å². The number of aromatic nitrogens is 1. The van der Waals surface area contributed by atoms with Crippen molar-refractivity contribution in [1.29, 1.82) is 0 Å². The summed E-state index contributed by atoms with van der Waals surface area (Å²) in [5.41, 5.74) is 1.19. The van der Waals surface area contributed by atoms with Gasteiger partial charge in [0.05, 0.1) is 6.21 Å². The van der Waals surface area contributed by atoms with Crippen LogP contribution in [0.15, 0.2) is 29.4 Å². The van der Waals surface area contributed by atoms with E-state index in [4.69, 9.17) is 0 Å². The predicted molar refractivity (Wildman–Crippen MR) is 34.2 cm³/mol. The van der Waals surface area contributed by atoms with Gasteiger partial charge >= 0.3 is 0 Å². The van der Waals surface area contributed by atoms with Crippen molar-refractivity contribution in [3.05, 3.63) is 30.1 Å². The highest BCUT2D eigenvalue weighted by Gasteiger charge is 2.09. The molecule has 0 aromatic carbocycles. The minimum atomic E-state index is 0.788. The molecule has 2 nitrogen and oxygen atoms in total. The Balaban J connectivity index is 2.63. The Kier molecular flexibility index (Phi) is 0.859. The molecule has 0 bridgehead atoms. The summed E-state index contributed by atoms with van der Waals surface area (Å²) < 4.78 is 2.10. The predicted octanol–water partition coefficient (Wildman–Crippen LogP) is 0.364. The second-order valence-corrected chi connectivity index (χ2v) is 2.05. The summed E-state index contributed by atoms with van der Waals surface area (Å²) in [6, 6.07) is 6.08. The third kappa shape index (κ3) is 0.633. The number of hydrogen-bond acceptors (Lipinski definition) is 1. The minimum absolute atomic E-state index is 0.788. The average molecular weight is 119 g/mol. The van der Waals surface area contributed by atoms with Crippen molar-refractivity contribution in [2.45, 2.75) is 6.67 Å². The summed E-state index contributed by atoms with van der Waals surface area (Å²) in [7, 11) is 0. The molecule has 0 fully saturated rings. The van der Waals surface area contributed by atoms with Crippen LogP contribution in [0.3, 0.4) is 0 Å². The van der Waals surface area contributed by atoms with E-state index in [9.17, 15) is 0 Å². The smallest absolute Gasteiger partial charge is 0.221 e. The van der Waals surface area contributed by atoms with Crippen LogP contribution in [0, 0.1) is 0 Å². The van der Waals surface area contributed by atoms with Crippen LogP contribution < -0.4 is 4.57 Å². The first-order chi connectivity index (χ1) is 4.47. The van der Waals surface area contributed by atoms with Crippen LogP contribution in [0.4, 0.5) is 0 Å². The van der Waals surface area contributed by atoms with Crippen molar-refractivity contribution in [2.75, 3.05) is 0 Å². The number of rotatable bonds is 0. The van der Waals surface area contributed by atoms with Crippen LogP contribution in [0.5, 0.6) is 0 Å². The fourth-order valence-corrected chi connectivity index (χ4v) is 0.958. The molecule has 1 aromatic heterocycles. The lowest BCUT2D eigenvalue weighted by Crippen LogP contribution is -2.32. The molecular weight excluding hydrogens is 112 g/mol. The first-order valence-corrected chi connectivity index (χ1v) is 2.95. The number of pyridine rings is 1. The van der Waals surface area contributed by atoms with Gasteiger partial charge < -0.3 is 0 Å². The fourth-order valence-electron chi connectivity index (χ4n) is 0.958. The van der Waals surface area contributed by atoms with Gasteiger partial charge in [0.25, 0.3) is 0 Å². The summed E-state index contributed by atoms with van der Waals surface area (Å²) in [5, 5.41) is 0. The molecule has 9 heavy (non-hydrogen) atoms. The Labute approximate surface area is 53.5 Å². The molecule has 0 unspecified atom stereocenters. The van der Waals surface area contributed by atoms with Crippen LogP contribution in [-0.2, 0) is 6.67 Å². The Hall–Kier alpha value is -1.18. The number of nitrogens with zero attached hydrogens (tertiary/aromatic N) is 2. The van der Waals surface area contributed by atoms with E-state index in [-0.39, 0.29) is 0 Å². The molecule has 2 heteroatoms. The highest BCUT2D eigenvalue weighted by molar-refractivity contribution is 5.75. The van der Waals surface area contributed by atoms with Crippen LogP contribution in [-0.4, -0.2) is 6.21 Å². The highest BCUT2D eigenvalue weighted by Crippen LogP contribution is 1.92. The molecule has 0 saturated carbocycles. The summed E-state index contributed by atoms with van der Waals surface area (Å²) in [6.45, 7) is 0.788. The molecule has 0 saturated heterocycles. The zero-order chi connectivity index (χ0) is 6.10. The quantitative estimate of drug-likeness (QED) is 0.438. The Morgan fingerprint density at radius 2 is 2.44 bits per heavy atom. The molecule has 1 aromatic rings. The maximum absolute atomic E-state index is 4.09. The molecule has 0 spiro atoms. The van der Waals surface area contributed by atoms with Crippen molar-refractivity contribution in [1.82, 2.24) is 0 Å². The van der Waals surface area contributed by atoms with E-state index in [2.05, 4.69) is 15.6 Å². The van der Waals surface area contributed by atoms with Gasteiger partial charge in [0.1, 0.15) is 0 Å². The zero-order valence-electron chi connectivity index (χ0n) is 4.99. The van der Waals surface area contributed by atoms with Crippen molar-refractivity contribution in [3.63, 3.8) is 0 Å². The van der Waals surface area contributed by atoms with Gasteiger partial charge in [0, 0.05) is 12.1 Å². The molecule has 0 radical (unpaired) electrons. The number of fused-ring (bicyclic) bond motifs is 1. The van der Waals surface area contributed by atoms with E-state index < -0.39 is 0 Å². The van der Waals surface area contributed by atoms with Gasteiger partial charge in [0.15, 0.2) is 6.20 Å². The van der Waals surface area contributed by atoms with Gasteiger partial charge in [0.2, 0.25) is 12.4 Å². The van der Waals surface area contributed by atoms with Gasteiger partial charge in [-0.3, -0.25) is 0 Å². The Morgan fingerprint density at radius 1 is 1.44 bits per heavy atom. The van der Waals surface area contributed by atoms with Gasteiger partial charge in [-0.25, -0.2) is 4.99 Å². The van der Waals surface area contributed by atoms with E-state index in [1.54, 1.807) is 0 Å². The maximum atomic E-state index is 4.09. The monoisotopic (exact) mass is 119 g/mol. The molecule has 2 heterocycles. The molecule has 0 atom stereocenters. The average Bonchev–Trinajstić information content (AvgIpc) is 2.33. The lowest BCUT2D eigenvalue weighted by Gasteiger charge is -1.85. The van der Waals surface area contributed by atoms with E-state index in [0.29, 0.717) is 0 Å². The second-order valence-electron chi connectivity index (χ2n) is 2.05. The molecule has 0 N–H and O–H groups in total. The van der Waals surface area contributed by atoms with E-state index >= 15 is 0 Å². The molecule has 2 rings (SSSR count). The molecule has 0 amide bonds. The standard InChI is InChI=1S/C7H7N2/c1-2-4-9-6-8-5-7(9)3-1/h1-5H,6H2/q+1. The lowest BCUT2D eigenvalue weighted by atomic mass is 10.4. The van der Waals surface area contributed by atoms with E-state index in [1.165, 1.54) is 5.69 Å². The van der Waals surface area contributed by atoms with Crippen LogP contribution >= 0.6 is 0 Å². The summed E-state index contributed by atoms with van der Waals surface area (Å²) in [5.74, 6) is 0. The highest BCUT2D eigenvalue weighted by atomic mass is 15.1. The molecule has 44 valence electrons. The number of hydrogen-bond donors (Lipinski definition) is 0. The summed E-state index contributed by atoms with van der Waals surface area (Å²) >= 11 is 0. The van der Waals surface area contributed by atoms with Crippen LogP contribution in [0.25, 0.3) is 0 Å². The van der Waals surface area contributed by atoms with Gasteiger partial charge in [-0.1, -0.05) is 0 Å². The third-order valence-corrected chi connectivity index (χ3v) is 1.43. The van der Waals surface area contributed by atoms with Crippen molar-refractivity contribution in [3.8, 4) is 0 Å². The minimum Gasteiger partial charge on any atom is -0.221 e. The van der Waals surface area contributed by atoms with Crippen molar-refractivity contribution < 1.29 is 4.57 Å². The van der Waals surface area contributed by atoms with E-state index in [0.717, 1.165) is 6.67 Å². The van der Waals surface area contributed by atoms with Gasteiger partial charge in [-0.05, 0) is 6.07 Å². The number of aliphatic imine (C=N–C) groups is 1. The van der Waals surface area contributed by atoms with E-state index in [1.807, 2.05) is 24.5 Å². The normalized spacial score (nSPS) is 13.8. The largest absolute Gasteiger partial charge is 0.241 e. The van der Waals surface area contributed by atoms with Gasteiger partial charge in [-0.15, -0.1) is 0 Å². The maximum Gasteiger partial charge on any atom is 0.241 e. The Bertz CT molecular complexity index is 253. The summed E-state index contributed by atoms with van der Waals surface area (Å²) in [6.07, 6.45) is 3.92. The summed E-state index contributed by atoms with van der Waals surface area (Å²) in [4.78, 5) is 4.09. The lowest BCUT2D eigenvalue weighted by molar-refractivity contribution is -0.691. The third-order valence-electron chi connectivity index (χ3n) is 1.43. The zero-order valence-corrected chi connectivity index (χ0v) is 4.99. The fraction of sp³-hybridized carbons (Fsp3) is 0.143. The molecule has 1 aliphatic heterocycles. The van der Waals surface area contributed by atoms with Crippen molar-refractivity contribution >= 4 is 6.21 Å². The Morgan fingerprint density at radius 3 is 3.33 bits per heavy atom. The molecule has 0 aliphatic carbocycles. The topological polar surface area (TPSA) is 16.2 Å². The SMILES string of the molecule is C1=NC[n+]2ccccc21. The second kappa shape index (κ2) is 1.65.